The van der Waals surface area contributed by atoms with Crippen molar-refractivity contribution in [1.29, 1.82) is 0 Å². The molecule has 1 aromatic heterocycles. The quantitative estimate of drug-likeness (QED) is 0.682. The van der Waals surface area contributed by atoms with Crippen molar-refractivity contribution >= 4 is 5.95 Å². The Bertz CT molecular complexity index is 347. The molecule has 1 aliphatic rings. The van der Waals surface area contributed by atoms with Crippen molar-refractivity contribution in [2.45, 2.75) is 6.92 Å². The first kappa shape index (κ1) is 10.3. The van der Waals surface area contributed by atoms with E-state index in [1.54, 1.807) is 6.92 Å². The molecule has 1 aromatic rings. The Morgan fingerprint density at radius 2 is 1.93 bits per heavy atom. The maximum Gasteiger partial charge on any atom is 0.225 e. The lowest BCUT2D eigenvalue weighted by molar-refractivity contribution is 0.311. The first-order chi connectivity index (χ1) is 7.16. The summed E-state index contributed by atoms with van der Waals surface area (Å²) in [7, 11) is 2.09. The molecule has 0 amide bonds. The van der Waals surface area contributed by atoms with Crippen LogP contribution in [0.1, 0.15) is 5.69 Å². The van der Waals surface area contributed by atoms with E-state index in [4.69, 9.17) is 0 Å². The second-order valence-corrected chi connectivity index (χ2v) is 3.89. The second-order valence-electron chi connectivity index (χ2n) is 3.89. The van der Waals surface area contributed by atoms with Gasteiger partial charge in [0, 0.05) is 26.2 Å². The second kappa shape index (κ2) is 4.10. The highest BCUT2D eigenvalue weighted by Gasteiger charge is 2.16. The molecule has 0 atom stereocenters. The Morgan fingerprint density at radius 1 is 1.27 bits per heavy atom. The van der Waals surface area contributed by atoms with Crippen LogP contribution in [0.15, 0.2) is 6.20 Å². The van der Waals surface area contributed by atoms with Crippen LogP contribution in [-0.4, -0.2) is 48.1 Å². The number of anilines is 1. The zero-order chi connectivity index (χ0) is 10.8. The molecular weight excluding hydrogens is 195 g/mol. The maximum absolute atomic E-state index is 13.0. The Balaban J connectivity index is 2.12. The predicted molar refractivity (Wildman–Crippen MR) is 56.4 cm³/mol. The minimum Gasteiger partial charge on any atom is -0.338 e. The van der Waals surface area contributed by atoms with Crippen molar-refractivity contribution in [3.8, 4) is 0 Å². The third-order valence-electron chi connectivity index (χ3n) is 2.69. The molecule has 2 rings (SSSR count). The predicted octanol–water partition coefficient (Wildman–Crippen LogP) is 0.676. The average molecular weight is 210 g/mol. The molecule has 5 heteroatoms. The molecule has 0 saturated carbocycles. The topological polar surface area (TPSA) is 32.3 Å². The highest BCUT2D eigenvalue weighted by atomic mass is 19.1. The fraction of sp³-hybridized carbons (Fsp3) is 0.600. The van der Waals surface area contributed by atoms with Crippen molar-refractivity contribution in [2.24, 2.45) is 0 Å². The summed E-state index contributed by atoms with van der Waals surface area (Å²) in [6.45, 7) is 5.47. The van der Waals surface area contributed by atoms with Gasteiger partial charge in [-0.05, 0) is 14.0 Å². The number of aryl methyl sites for hydroxylation is 1. The lowest BCUT2D eigenvalue weighted by Crippen LogP contribution is -2.45. The molecule has 0 spiro atoms. The molecule has 0 aliphatic carbocycles. The Labute approximate surface area is 88.7 Å². The van der Waals surface area contributed by atoms with E-state index in [9.17, 15) is 4.39 Å². The van der Waals surface area contributed by atoms with E-state index >= 15 is 0 Å². The van der Waals surface area contributed by atoms with Crippen molar-refractivity contribution in [2.75, 3.05) is 38.1 Å². The highest BCUT2D eigenvalue weighted by molar-refractivity contribution is 5.31. The Hall–Kier alpha value is -1.23. The van der Waals surface area contributed by atoms with Gasteiger partial charge in [0.1, 0.15) is 0 Å². The van der Waals surface area contributed by atoms with Crippen LogP contribution in [0, 0.1) is 12.7 Å². The van der Waals surface area contributed by atoms with Gasteiger partial charge in [-0.15, -0.1) is 0 Å². The van der Waals surface area contributed by atoms with Gasteiger partial charge in [-0.2, -0.15) is 0 Å². The number of hydrogen-bond donors (Lipinski definition) is 0. The van der Waals surface area contributed by atoms with Crippen molar-refractivity contribution < 1.29 is 4.39 Å². The molecule has 4 nitrogen and oxygen atoms in total. The average Bonchev–Trinajstić information content (AvgIpc) is 2.23. The SMILES string of the molecule is Cc1nc(N2CCN(C)CC2)ncc1F. The zero-order valence-corrected chi connectivity index (χ0v) is 9.07. The van der Waals surface area contributed by atoms with E-state index in [-0.39, 0.29) is 5.82 Å². The minimum absolute atomic E-state index is 0.340. The molecule has 0 radical (unpaired) electrons. The van der Waals surface area contributed by atoms with Gasteiger partial charge >= 0.3 is 0 Å². The van der Waals surface area contributed by atoms with E-state index in [0.29, 0.717) is 11.6 Å². The zero-order valence-electron chi connectivity index (χ0n) is 9.07. The van der Waals surface area contributed by atoms with E-state index in [0.717, 1.165) is 26.2 Å². The molecule has 1 fully saturated rings. The summed E-state index contributed by atoms with van der Waals surface area (Å²) in [5.41, 5.74) is 0.416. The summed E-state index contributed by atoms with van der Waals surface area (Å²) < 4.78 is 13.0. The molecule has 1 saturated heterocycles. The normalized spacial score (nSPS) is 18.2. The van der Waals surface area contributed by atoms with Gasteiger partial charge in [-0.25, -0.2) is 14.4 Å². The number of rotatable bonds is 1. The summed E-state index contributed by atoms with van der Waals surface area (Å²) in [6, 6.07) is 0. The van der Waals surface area contributed by atoms with E-state index in [2.05, 4.69) is 26.8 Å². The largest absolute Gasteiger partial charge is 0.338 e. The number of nitrogens with zero attached hydrogens (tertiary/aromatic N) is 4. The van der Waals surface area contributed by atoms with E-state index < -0.39 is 0 Å². The van der Waals surface area contributed by atoms with Gasteiger partial charge < -0.3 is 9.80 Å². The summed E-state index contributed by atoms with van der Waals surface area (Å²) >= 11 is 0. The van der Waals surface area contributed by atoms with Crippen LogP contribution < -0.4 is 4.90 Å². The fourth-order valence-corrected chi connectivity index (χ4v) is 1.60. The van der Waals surface area contributed by atoms with Crippen LogP contribution in [0.25, 0.3) is 0 Å². The molecule has 15 heavy (non-hydrogen) atoms. The van der Waals surface area contributed by atoms with Crippen LogP contribution in [0.5, 0.6) is 0 Å². The fourth-order valence-electron chi connectivity index (χ4n) is 1.60. The smallest absolute Gasteiger partial charge is 0.225 e. The van der Waals surface area contributed by atoms with Gasteiger partial charge in [-0.3, -0.25) is 0 Å². The van der Waals surface area contributed by atoms with Crippen LogP contribution in [0.2, 0.25) is 0 Å². The molecule has 0 bridgehead atoms. The number of aromatic nitrogens is 2. The monoisotopic (exact) mass is 210 g/mol. The van der Waals surface area contributed by atoms with Gasteiger partial charge in [0.2, 0.25) is 5.95 Å². The summed E-state index contributed by atoms with van der Waals surface area (Å²) in [4.78, 5) is 12.5. The van der Waals surface area contributed by atoms with E-state index in [1.165, 1.54) is 6.20 Å². The molecule has 0 aromatic carbocycles. The van der Waals surface area contributed by atoms with Crippen LogP contribution in [-0.2, 0) is 0 Å². The van der Waals surface area contributed by atoms with Crippen molar-refractivity contribution in [1.82, 2.24) is 14.9 Å². The summed E-state index contributed by atoms with van der Waals surface area (Å²) in [5, 5.41) is 0. The van der Waals surface area contributed by atoms with Gasteiger partial charge in [-0.1, -0.05) is 0 Å². The number of likely N-dealkylation sites (N-methyl/N-ethyl adjacent to an activating group) is 1. The van der Waals surface area contributed by atoms with Crippen LogP contribution >= 0.6 is 0 Å². The van der Waals surface area contributed by atoms with Crippen molar-refractivity contribution in [3.05, 3.63) is 17.7 Å². The van der Waals surface area contributed by atoms with Crippen LogP contribution in [0.4, 0.5) is 10.3 Å². The molecular formula is C10H15FN4. The lowest BCUT2D eigenvalue weighted by Gasteiger charge is -2.32. The number of hydrogen-bond acceptors (Lipinski definition) is 4. The van der Waals surface area contributed by atoms with Gasteiger partial charge in [0.05, 0.1) is 11.9 Å². The summed E-state index contributed by atoms with van der Waals surface area (Å²) in [6.07, 6.45) is 1.25. The molecule has 1 aliphatic heterocycles. The maximum atomic E-state index is 13.0. The minimum atomic E-state index is -0.340. The van der Waals surface area contributed by atoms with Gasteiger partial charge in [0.15, 0.2) is 5.82 Å². The Morgan fingerprint density at radius 3 is 2.53 bits per heavy atom. The first-order valence-corrected chi connectivity index (χ1v) is 5.09. The first-order valence-electron chi connectivity index (χ1n) is 5.09. The van der Waals surface area contributed by atoms with Crippen molar-refractivity contribution in [3.63, 3.8) is 0 Å². The molecule has 0 N–H and O–H groups in total. The van der Waals surface area contributed by atoms with E-state index in [1.807, 2.05) is 0 Å². The molecule has 2 heterocycles. The summed E-state index contributed by atoms with van der Waals surface area (Å²) in [5.74, 6) is 0.301. The highest BCUT2D eigenvalue weighted by Crippen LogP contribution is 2.11. The standard InChI is InChI=1S/C10H15FN4/c1-8-9(11)7-12-10(13-8)15-5-3-14(2)4-6-15/h7H,3-6H2,1-2H3. The molecule has 0 unspecified atom stereocenters. The van der Waals surface area contributed by atoms with Crippen LogP contribution in [0.3, 0.4) is 0 Å². The van der Waals surface area contributed by atoms with Gasteiger partial charge in [0.25, 0.3) is 0 Å². The lowest BCUT2D eigenvalue weighted by atomic mass is 10.3. The Kier molecular flexibility index (Phi) is 2.81. The third kappa shape index (κ3) is 2.23. The number of piperazine rings is 1. The number of halogens is 1. The molecule has 82 valence electrons. The third-order valence-corrected chi connectivity index (χ3v) is 2.69.